The van der Waals surface area contributed by atoms with Crippen molar-refractivity contribution in [2.45, 2.75) is 6.61 Å². The molecule has 9 heavy (non-hydrogen) atoms. The fraction of sp³-hybridized carbons (Fsp3) is 0.143. The quantitative estimate of drug-likeness (QED) is 0.596. The summed E-state index contributed by atoms with van der Waals surface area (Å²) in [5, 5.41) is 8.46. The van der Waals surface area contributed by atoms with E-state index in [1.54, 1.807) is 0 Å². The number of halogens is 1. The summed E-state index contributed by atoms with van der Waals surface area (Å²) < 4.78 is 12.2. The lowest BCUT2D eigenvalue weighted by Gasteiger charge is -1.91. The molecule has 0 heterocycles. The van der Waals surface area contributed by atoms with Gasteiger partial charge in [-0.05, 0) is 23.8 Å². The summed E-state index contributed by atoms with van der Waals surface area (Å²) >= 11 is 0. The van der Waals surface area contributed by atoms with Gasteiger partial charge >= 0.3 is 0 Å². The van der Waals surface area contributed by atoms with Gasteiger partial charge in [-0.2, -0.15) is 0 Å². The second-order valence-electron chi connectivity index (χ2n) is 1.69. The van der Waals surface area contributed by atoms with Crippen LogP contribution in [-0.4, -0.2) is 5.11 Å². The maximum atomic E-state index is 12.2. The van der Waals surface area contributed by atoms with Crippen molar-refractivity contribution in [3.05, 3.63) is 35.6 Å². The zero-order valence-corrected chi connectivity index (χ0v) is 4.76. The second-order valence-corrected chi connectivity index (χ2v) is 1.69. The van der Waals surface area contributed by atoms with Gasteiger partial charge in [-0.1, -0.05) is 6.07 Å². The van der Waals surface area contributed by atoms with Crippen molar-refractivity contribution in [3.63, 3.8) is 0 Å². The van der Waals surface area contributed by atoms with E-state index in [1.165, 1.54) is 18.2 Å². The molecule has 0 aliphatic carbocycles. The van der Waals surface area contributed by atoms with Crippen molar-refractivity contribution < 1.29 is 9.50 Å². The summed E-state index contributed by atoms with van der Waals surface area (Å²) in [5.41, 5.74) is 0.481. The van der Waals surface area contributed by atoms with Gasteiger partial charge in [0.25, 0.3) is 0 Å². The predicted octanol–water partition coefficient (Wildman–Crippen LogP) is 1.12. The van der Waals surface area contributed by atoms with E-state index in [-0.39, 0.29) is 12.4 Å². The topological polar surface area (TPSA) is 20.2 Å². The van der Waals surface area contributed by atoms with Gasteiger partial charge in [0.15, 0.2) is 0 Å². The first-order chi connectivity index (χ1) is 4.33. The molecule has 0 saturated carbocycles. The molecule has 1 N–H and O–H groups in total. The predicted molar refractivity (Wildman–Crippen MR) is 31.2 cm³/mol. The van der Waals surface area contributed by atoms with Crippen molar-refractivity contribution in [1.82, 2.24) is 0 Å². The van der Waals surface area contributed by atoms with Gasteiger partial charge in [-0.3, -0.25) is 0 Å². The number of aliphatic hydroxyl groups is 1. The fourth-order valence-corrected chi connectivity index (χ4v) is 0.576. The van der Waals surface area contributed by atoms with E-state index in [0.717, 1.165) is 0 Å². The number of benzene rings is 1. The maximum Gasteiger partial charge on any atom is 0.123 e. The van der Waals surface area contributed by atoms with Gasteiger partial charge in [0.2, 0.25) is 0 Å². The molecule has 1 aromatic carbocycles. The number of rotatable bonds is 1. The van der Waals surface area contributed by atoms with Gasteiger partial charge in [0, 0.05) is 0 Å². The SMILES string of the molecule is OCc1[c]ccc(F)c1. The minimum Gasteiger partial charge on any atom is -0.392 e. The highest BCUT2D eigenvalue weighted by atomic mass is 19.1. The van der Waals surface area contributed by atoms with Gasteiger partial charge in [0.1, 0.15) is 5.82 Å². The molecule has 0 saturated heterocycles. The van der Waals surface area contributed by atoms with Crippen LogP contribution in [0.25, 0.3) is 0 Å². The van der Waals surface area contributed by atoms with Gasteiger partial charge in [-0.25, -0.2) is 4.39 Å². The molecule has 0 unspecified atom stereocenters. The minimum absolute atomic E-state index is 0.155. The summed E-state index contributed by atoms with van der Waals surface area (Å²) in [5.74, 6) is -0.335. The summed E-state index contributed by atoms with van der Waals surface area (Å²) in [6.07, 6.45) is 0. The smallest absolute Gasteiger partial charge is 0.123 e. The Balaban J connectivity index is 2.94. The molecule has 0 amide bonds. The van der Waals surface area contributed by atoms with Crippen molar-refractivity contribution >= 4 is 0 Å². The van der Waals surface area contributed by atoms with Crippen LogP contribution in [0, 0.1) is 11.9 Å². The lowest BCUT2D eigenvalue weighted by molar-refractivity contribution is 0.281. The molecule has 1 rings (SSSR count). The molecule has 1 radical (unpaired) electrons. The fourth-order valence-electron chi connectivity index (χ4n) is 0.576. The van der Waals surface area contributed by atoms with Crippen LogP contribution in [0.2, 0.25) is 0 Å². The Morgan fingerprint density at radius 1 is 1.67 bits per heavy atom. The molecule has 0 bridgehead atoms. The number of aliphatic hydroxyl groups excluding tert-OH is 1. The Bertz CT molecular complexity index is 198. The molecular weight excluding hydrogens is 119 g/mol. The van der Waals surface area contributed by atoms with Crippen LogP contribution in [0.4, 0.5) is 4.39 Å². The van der Waals surface area contributed by atoms with Crippen LogP contribution in [0.3, 0.4) is 0 Å². The third-order valence-corrected chi connectivity index (χ3v) is 0.994. The minimum atomic E-state index is -0.335. The van der Waals surface area contributed by atoms with Crippen LogP contribution in [0.15, 0.2) is 18.2 Å². The zero-order valence-electron chi connectivity index (χ0n) is 4.76. The molecule has 0 spiro atoms. The monoisotopic (exact) mass is 125 g/mol. The maximum absolute atomic E-state index is 12.2. The molecular formula is C7H6FO. The van der Waals surface area contributed by atoms with E-state index in [9.17, 15) is 4.39 Å². The first-order valence-corrected chi connectivity index (χ1v) is 2.60. The third kappa shape index (κ3) is 1.50. The number of hydrogen-bond donors (Lipinski definition) is 1. The molecule has 0 atom stereocenters. The Labute approximate surface area is 52.8 Å². The van der Waals surface area contributed by atoms with E-state index in [0.29, 0.717) is 5.56 Å². The van der Waals surface area contributed by atoms with Crippen LogP contribution in [-0.2, 0) is 6.61 Å². The Kier molecular flexibility index (Phi) is 1.80. The largest absolute Gasteiger partial charge is 0.392 e. The van der Waals surface area contributed by atoms with E-state index in [4.69, 9.17) is 5.11 Å². The van der Waals surface area contributed by atoms with Crippen LogP contribution in [0.5, 0.6) is 0 Å². The molecule has 1 nitrogen and oxygen atoms in total. The molecule has 2 heteroatoms. The Morgan fingerprint density at radius 3 is 2.89 bits per heavy atom. The summed E-state index contributed by atoms with van der Waals surface area (Å²) in [6, 6.07) is 6.66. The average Bonchev–Trinajstić information content (AvgIpc) is 1.88. The van der Waals surface area contributed by atoms with Crippen molar-refractivity contribution in [2.24, 2.45) is 0 Å². The first kappa shape index (κ1) is 6.23. The highest BCUT2D eigenvalue weighted by Crippen LogP contribution is 2.00. The summed E-state index contributed by atoms with van der Waals surface area (Å²) in [6.45, 7) is -0.155. The van der Waals surface area contributed by atoms with Gasteiger partial charge in [0.05, 0.1) is 6.61 Å². The second kappa shape index (κ2) is 2.60. The van der Waals surface area contributed by atoms with Crippen LogP contribution < -0.4 is 0 Å². The van der Waals surface area contributed by atoms with E-state index in [2.05, 4.69) is 6.07 Å². The van der Waals surface area contributed by atoms with Crippen molar-refractivity contribution in [3.8, 4) is 0 Å². The highest BCUT2D eigenvalue weighted by molar-refractivity contribution is 5.13. The van der Waals surface area contributed by atoms with Gasteiger partial charge < -0.3 is 5.11 Å². The first-order valence-electron chi connectivity index (χ1n) is 2.60. The molecule has 0 fully saturated rings. The molecule has 0 aliphatic rings. The van der Waals surface area contributed by atoms with E-state index in [1.807, 2.05) is 0 Å². The van der Waals surface area contributed by atoms with Crippen LogP contribution >= 0.6 is 0 Å². The Hall–Kier alpha value is -0.890. The molecule has 0 aromatic heterocycles. The number of hydrogen-bond acceptors (Lipinski definition) is 1. The van der Waals surface area contributed by atoms with Crippen LogP contribution in [0.1, 0.15) is 5.56 Å². The van der Waals surface area contributed by atoms with Crippen molar-refractivity contribution in [1.29, 1.82) is 0 Å². The lowest BCUT2D eigenvalue weighted by Crippen LogP contribution is -1.82. The molecule has 1 aromatic rings. The molecule has 0 aliphatic heterocycles. The van der Waals surface area contributed by atoms with E-state index < -0.39 is 0 Å². The Morgan fingerprint density at radius 2 is 2.44 bits per heavy atom. The standard InChI is InChI=1S/C7H6FO/c8-7-3-1-2-6(4-7)5-9/h1,3-4,9H,5H2. The van der Waals surface area contributed by atoms with E-state index >= 15 is 0 Å². The zero-order chi connectivity index (χ0) is 6.69. The van der Waals surface area contributed by atoms with Gasteiger partial charge in [-0.15, -0.1) is 0 Å². The average molecular weight is 125 g/mol. The summed E-state index contributed by atoms with van der Waals surface area (Å²) in [7, 11) is 0. The van der Waals surface area contributed by atoms with Crippen molar-refractivity contribution in [2.75, 3.05) is 0 Å². The third-order valence-electron chi connectivity index (χ3n) is 0.994. The highest BCUT2D eigenvalue weighted by Gasteiger charge is 1.90. The normalized spacial score (nSPS) is 9.56. The lowest BCUT2D eigenvalue weighted by atomic mass is 10.2. The molecule has 47 valence electrons. The summed E-state index contributed by atoms with van der Waals surface area (Å²) in [4.78, 5) is 0.